The molecule has 1 N–H and O–H groups in total. The zero-order valence-electron chi connectivity index (χ0n) is 15.0. The summed E-state index contributed by atoms with van der Waals surface area (Å²) >= 11 is 1.73. The Balaban J connectivity index is 0.00000225. The van der Waals surface area contributed by atoms with Gasteiger partial charge in [0.2, 0.25) is 0 Å². The number of rotatable bonds is 5. The van der Waals surface area contributed by atoms with Crippen molar-refractivity contribution in [1.29, 1.82) is 0 Å². The first-order valence-corrected chi connectivity index (χ1v) is 9.99. The molecule has 3 heterocycles. The van der Waals surface area contributed by atoms with E-state index in [-0.39, 0.29) is 24.0 Å². The van der Waals surface area contributed by atoms with E-state index in [1.54, 1.807) is 11.3 Å². The van der Waals surface area contributed by atoms with Gasteiger partial charge in [-0.15, -0.1) is 24.0 Å². The molecule has 1 atom stereocenters. The van der Waals surface area contributed by atoms with Gasteiger partial charge in [-0.25, -0.2) is 0 Å². The Morgan fingerprint density at radius 3 is 2.84 bits per heavy atom. The molecule has 0 aromatic carbocycles. The molecule has 1 aromatic heterocycles. The fourth-order valence-corrected chi connectivity index (χ4v) is 3.99. The first kappa shape index (κ1) is 20.9. The minimum atomic E-state index is 0. The number of guanidine groups is 1. The maximum Gasteiger partial charge on any atom is 0.193 e. The number of likely N-dealkylation sites (tertiary alicyclic amines) is 1. The molecule has 1 unspecified atom stereocenters. The van der Waals surface area contributed by atoms with Crippen LogP contribution in [0.4, 0.5) is 0 Å². The second-order valence-corrected chi connectivity index (χ2v) is 7.32. The third-order valence-electron chi connectivity index (χ3n) is 4.78. The van der Waals surface area contributed by atoms with Crippen LogP contribution in [0.15, 0.2) is 21.8 Å². The predicted octanol–water partition coefficient (Wildman–Crippen LogP) is 3.49. The van der Waals surface area contributed by atoms with Gasteiger partial charge in [0.25, 0.3) is 0 Å². The van der Waals surface area contributed by atoms with E-state index in [9.17, 15) is 0 Å². The summed E-state index contributed by atoms with van der Waals surface area (Å²) in [7, 11) is 1.86. The van der Waals surface area contributed by atoms with Crippen LogP contribution in [0.3, 0.4) is 0 Å². The third-order valence-corrected chi connectivity index (χ3v) is 5.51. The summed E-state index contributed by atoms with van der Waals surface area (Å²) in [6.45, 7) is 4.50. The molecule has 0 spiro atoms. The molecule has 2 aliphatic heterocycles. The van der Waals surface area contributed by atoms with Crippen molar-refractivity contribution in [2.24, 2.45) is 4.99 Å². The Bertz CT molecular complexity index is 498. The Hall–Kier alpha value is -0.380. The molecule has 3 rings (SSSR count). The summed E-state index contributed by atoms with van der Waals surface area (Å²) in [4.78, 5) is 6.77. The third kappa shape index (κ3) is 6.69. The van der Waals surface area contributed by atoms with E-state index in [1.165, 1.54) is 18.4 Å². The summed E-state index contributed by atoms with van der Waals surface area (Å²) in [5, 5.41) is 7.75. The smallest absolute Gasteiger partial charge is 0.193 e. The van der Waals surface area contributed by atoms with Gasteiger partial charge in [-0.05, 0) is 54.5 Å². The van der Waals surface area contributed by atoms with E-state index in [4.69, 9.17) is 9.47 Å². The van der Waals surface area contributed by atoms with Crippen LogP contribution in [-0.2, 0) is 16.0 Å². The highest BCUT2D eigenvalue weighted by molar-refractivity contribution is 14.0. The Morgan fingerprint density at radius 1 is 1.36 bits per heavy atom. The highest BCUT2D eigenvalue weighted by Gasteiger charge is 2.23. The van der Waals surface area contributed by atoms with Crippen LogP contribution in [0.1, 0.15) is 37.7 Å². The van der Waals surface area contributed by atoms with Crippen LogP contribution in [-0.4, -0.2) is 56.4 Å². The fraction of sp³-hybridized carbons (Fsp3) is 0.722. The van der Waals surface area contributed by atoms with E-state index < -0.39 is 0 Å². The van der Waals surface area contributed by atoms with Crippen molar-refractivity contribution in [3.05, 3.63) is 22.4 Å². The van der Waals surface area contributed by atoms with Crippen molar-refractivity contribution in [1.82, 2.24) is 10.2 Å². The van der Waals surface area contributed by atoms with Gasteiger partial charge >= 0.3 is 0 Å². The lowest BCUT2D eigenvalue weighted by Crippen LogP contribution is -2.47. The number of thiophene rings is 1. The quantitative estimate of drug-likeness (QED) is 0.399. The maximum absolute atomic E-state index is 6.09. The van der Waals surface area contributed by atoms with E-state index in [0.29, 0.717) is 12.2 Å². The molecule has 2 saturated heterocycles. The highest BCUT2D eigenvalue weighted by Crippen LogP contribution is 2.18. The molecule has 0 radical (unpaired) electrons. The van der Waals surface area contributed by atoms with Gasteiger partial charge < -0.3 is 19.7 Å². The zero-order chi connectivity index (χ0) is 16.6. The summed E-state index contributed by atoms with van der Waals surface area (Å²) in [5.41, 5.74) is 1.31. The average molecular weight is 479 g/mol. The lowest BCUT2D eigenvalue weighted by Gasteiger charge is -2.35. The van der Waals surface area contributed by atoms with E-state index in [2.05, 4.69) is 32.0 Å². The predicted molar refractivity (Wildman–Crippen MR) is 114 cm³/mol. The minimum absolute atomic E-state index is 0. The molecule has 0 aliphatic carbocycles. The van der Waals surface area contributed by atoms with Gasteiger partial charge in [0, 0.05) is 33.3 Å². The molecular weight excluding hydrogens is 449 g/mol. The lowest BCUT2D eigenvalue weighted by atomic mass is 10.1. The number of hydrogen-bond donors (Lipinski definition) is 1. The summed E-state index contributed by atoms with van der Waals surface area (Å²) in [6, 6.07) is 2.15. The summed E-state index contributed by atoms with van der Waals surface area (Å²) < 4.78 is 11.8. The van der Waals surface area contributed by atoms with Crippen molar-refractivity contribution in [2.45, 2.75) is 50.9 Å². The minimum Gasteiger partial charge on any atom is -0.376 e. The largest absolute Gasteiger partial charge is 0.376 e. The normalized spacial score (nSPS) is 22.5. The van der Waals surface area contributed by atoms with E-state index in [0.717, 1.165) is 58.1 Å². The lowest BCUT2D eigenvalue weighted by molar-refractivity contribution is -0.0721. The first-order chi connectivity index (χ1) is 11.8. The summed E-state index contributed by atoms with van der Waals surface area (Å²) in [6.07, 6.45) is 6.43. The van der Waals surface area contributed by atoms with Crippen molar-refractivity contribution in [3.63, 3.8) is 0 Å². The number of ether oxygens (including phenoxy) is 2. The van der Waals surface area contributed by atoms with Crippen molar-refractivity contribution < 1.29 is 9.47 Å². The summed E-state index contributed by atoms with van der Waals surface area (Å²) in [5.74, 6) is 0.996. The second kappa shape index (κ2) is 11.4. The van der Waals surface area contributed by atoms with Crippen LogP contribution in [0.25, 0.3) is 0 Å². The van der Waals surface area contributed by atoms with Crippen molar-refractivity contribution in [2.75, 3.05) is 33.4 Å². The molecule has 5 nitrogen and oxygen atoms in total. The molecule has 0 bridgehead atoms. The van der Waals surface area contributed by atoms with Crippen LogP contribution >= 0.6 is 35.3 Å². The number of nitrogens with one attached hydrogen (secondary N) is 1. The average Bonchev–Trinajstić information content (AvgIpc) is 3.16. The standard InChI is InChI=1S/C18H29N3O2S.HI/c1-19-18(20-12-15-7-11-24-14-15)21-8-5-16(6-9-21)23-13-17-4-2-3-10-22-17;/h7,11,14,16-17H,2-6,8-10,12-13H2,1H3,(H,19,20);1H. The topological polar surface area (TPSA) is 46.1 Å². The van der Waals surface area contributed by atoms with E-state index in [1.807, 2.05) is 7.05 Å². The molecule has 0 amide bonds. The highest BCUT2D eigenvalue weighted by atomic mass is 127. The Kier molecular flexibility index (Phi) is 9.51. The van der Waals surface area contributed by atoms with Crippen LogP contribution in [0.2, 0.25) is 0 Å². The maximum atomic E-state index is 6.09. The first-order valence-electron chi connectivity index (χ1n) is 9.05. The molecule has 1 aromatic rings. The van der Waals surface area contributed by atoms with E-state index >= 15 is 0 Å². The van der Waals surface area contributed by atoms with Gasteiger partial charge in [-0.2, -0.15) is 11.3 Å². The van der Waals surface area contributed by atoms with Gasteiger partial charge in [-0.3, -0.25) is 4.99 Å². The zero-order valence-corrected chi connectivity index (χ0v) is 18.1. The number of hydrogen-bond acceptors (Lipinski definition) is 4. The number of aliphatic imine (C=N–C) groups is 1. The van der Waals surface area contributed by atoms with Crippen molar-refractivity contribution >= 4 is 41.3 Å². The number of nitrogens with zero attached hydrogens (tertiary/aromatic N) is 2. The van der Waals surface area contributed by atoms with Crippen molar-refractivity contribution in [3.8, 4) is 0 Å². The van der Waals surface area contributed by atoms with Crippen LogP contribution in [0, 0.1) is 0 Å². The van der Waals surface area contributed by atoms with Gasteiger partial charge in [-0.1, -0.05) is 0 Å². The fourth-order valence-electron chi connectivity index (χ4n) is 3.32. The molecule has 2 fully saturated rings. The Labute approximate surface area is 172 Å². The monoisotopic (exact) mass is 479 g/mol. The molecule has 0 saturated carbocycles. The molecular formula is C18H30IN3O2S. The molecule has 7 heteroatoms. The van der Waals surface area contributed by atoms with Crippen LogP contribution < -0.4 is 5.32 Å². The van der Waals surface area contributed by atoms with Gasteiger partial charge in [0.1, 0.15) is 0 Å². The second-order valence-electron chi connectivity index (χ2n) is 6.54. The number of halogens is 1. The SMILES string of the molecule is CN=C(NCc1ccsc1)N1CCC(OCC2CCCCO2)CC1.I. The molecule has 142 valence electrons. The molecule has 25 heavy (non-hydrogen) atoms. The van der Waals surface area contributed by atoms with Crippen LogP contribution in [0.5, 0.6) is 0 Å². The molecule has 2 aliphatic rings. The number of piperidine rings is 1. The van der Waals surface area contributed by atoms with Gasteiger partial charge in [0.15, 0.2) is 5.96 Å². The Morgan fingerprint density at radius 2 is 2.20 bits per heavy atom. The van der Waals surface area contributed by atoms with Gasteiger partial charge in [0.05, 0.1) is 18.8 Å².